The molecule has 4 aromatic carbocycles. The molecule has 0 spiro atoms. The highest BCUT2D eigenvalue weighted by Gasteiger charge is 2.35. The first kappa shape index (κ1) is 34.0. The van der Waals surface area contributed by atoms with Gasteiger partial charge in [-0.1, -0.05) is 102 Å². The second kappa shape index (κ2) is 15.4. The third-order valence-electron chi connectivity index (χ3n) is 7.45. The predicted octanol–water partition coefficient (Wildman–Crippen LogP) is 6.97. The first-order valence-corrected chi connectivity index (χ1v) is 16.9. The van der Waals surface area contributed by atoms with E-state index in [-0.39, 0.29) is 29.5 Å². The molecule has 45 heavy (non-hydrogen) atoms. The normalized spacial score (nSPS) is 11.9. The SMILES string of the molecule is CCCNC(=O)[C@H](Cc1ccccc1)N(Cc1ccccc1Cl)C(=O)CN(c1ccc(C)c(Cl)c1)S(=O)(=O)c1ccc(C)cc1. The fraction of sp³-hybridized carbons (Fsp3) is 0.257. The number of benzene rings is 4. The monoisotopic (exact) mass is 665 g/mol. The molecule has 2 amide bonds. The summed E-state index contributed by atoms with van der Waals surface area (Å²) in [4.78, 5) is 29.7. The molecule has 1 N–H and O–H groups in total. The van der Waals surface area contributed by atoms with Gasteiger partial charge >= 0.3 is 0 Å². The Morgan fingerprint density at radius 2 is 1.51 bits per heavy atom. The smallest absolute Gasteiger partial charge is 0.264 e. The van der Waals surface area contributed by atoms with E-state index in [0.717, 1.165) is 21.0 Å². The molecule has 0 fully saturated rings. The molecule has 0 saturated heterocycles. The molecule has 0 aliphatic carbocycles. The third-order valence-corrected chi connectivity index (χ3v) is 10.0. The lowest BCUT2D eigenvalue weighted by Gasteiger charge is -2.34. The Morgan fingerprint density at radius 1 is 0.844 bits per heavy atom. The number of aryl methyl sites for hydroxylation is 2. The lowest BCUT2D eigenvalue weighted by Crippen LogP contribution is -2.53. The number of hydrogen-bond acceptors (Lipinski definition) is 4. The standard InChI is InChI=1S/C35H37Cl2N3O4S/c1-4-20-38-35(42)33(21-27-10-6-5-7-11-27)39(23-28-12-8-9-13-31(28)36)34(41)24-40(29-17-16-26(3)32(37)22-29)45(43,44)30-18-14-25(2)15-19-30/h5-19,22,33H,4,20-21,23-24H2,1-3H3,(H,38,42)/t33-/m0/s1. The first-order valence-electron chi connectivity index (χ1n) is 14.7. The van der Waals surface area contributed by atoms with E-state index >= 15 is 0 Å². The number of hydrogen-bond donors (Lipinski definition) is 1. The van der Waals surface area contributed by atoms with Gasteiger partial charge in [0.15, 0.2) is 0 Å². The van der Waals surface area contributed by atoms with Crippen molar-refractivity contribution in [2.75, 3.05) is 17.4 Å². The van der Waals surface area contributed by atoms with Gasteiger partial charge in [-0.2, -0.15) is 0 Å². The number of amides is 2. The minimum Gasteiger partial charge on any atom is -0.354 e. The summed E-state index contributed by atoms with van der Waals surface area (Å²) in [6, 6.07) is 26.8. The Hall–Kier alpha value is -3.85. The minimum absolute atomic E-state index is 0.0113. The van der Waals surface area contributed by atoms with E-state index in [4.69, 9.17) is 23.2 Å². The van der Waals surface area contributed by atoms with Crippen LogP contribution in [0.1, 0.15) is 35.6 Å². The number of carbonyl (C=O) groups is 2. The summed E-state index contributed by atoms with van der Waals surface area (Å²) in [5.41, 5.74) is 3.35. The molecule has 0 aliphatic heterocycles. The van der Waals surface area contributed by atoms with Crippen LogP contribution in [0.25, 0.3) is 0 Å². The van der Waals surface area contributed by atoms with E-state index in [1.165, 1.54) is 23.1 Å². The van der Waals surface area contributed by atoms with Crippen LogP contribution in [0.5, 0.6) is 0 Å². The summed E-state index contributed by atoms with van der Waals surface area (Å²) in [5.74, 6) is -0.915. The number of nitrogens with one attached hydrogen (secondary N) is 1. The van der Waals surface area contributed by atoms with Crippen molar-refractivity contribution in [2.24, 2.45) is 0 Å². The topological polar surface area (TPSA) is 86.8 Å². The summed E-state index contributed by atoms with van der Waals surface area (Å²) in [7, 11) is -4.23. The molecule has 4 aromatic rings. The predicted molar refractivity (Wildman–Crippen MR) is 181 cm³/mol. The number of sulfonamides is 1. The van der Waals surface area contributed by atoms with Crippen molar-refractivity contribution < 1.29 is 18.0 Å². The zero-order valence-electron chi connectivity index (χ0n) is 25.5. The second-order valence-electron chi connectivity index (χ2n) is 10.9. The van der Waals surface area contributed by atoms with Crippen molar-refractivity contribution in [3.8, 4) is 0 Å². The molecule has 1 atom stereocenters. The molecule has 4 rings (SSSR count). The zero-order chi connectivity index (χ0) is 32.6. The Balaban J connectivity index is 1.82. The summed E-state index contributed by atoms with van der Waals surface area (Å²) < 4.78 is 29.4. The van der Waals surface area contributed by atoms with Crippen LogP contribution in [-0.2, 0) is 32.6 Å². The number of nitrogens with zero attached hydrogens (tertiary/aromatic N) is 2. The van der Waals surface area contributed by atoms with Crippen LogP contribution in [0.15, 0.2) is 102 Å². The molecular formula is C35H37Cl2N3O4S. The molecule has 0 aliphatic rings. The van der Waals surface area contributed by atoms with Crippen molar-refractivity contribution in [1.82, 2.24) is 10.2 Å². The van der Waals surface area contributed by atoms with Crippen molar-refractivity contribution >= 4 is 50.7 Å². The minimum atomic E-state index is -4.23. The largest absolute Gasteiger partial charge is 0.354 e. The molecule has 236 valence electrons. The van der Waals surface area contributed by atoms with Crippen LogP contribution in [0, 0.1) is 13.8 Å². The van der Waals surface area contributed by atoms with Crippen molar-refractivity contribution in [1.29, 1.82) is 0 Å². The summed E-state index contributed by atoms with van der Waals surface area (Å²) >= 11 is 13.0. The van der Waals surface area contributed by atoms with Gasteiger partial charge in [-0.15, -0.1) is 0 Å². The maximum absolute atomic E-state index is 14.5. The Kier molecular flexibility index (Phi) is 11.7. The van der Waals surface area contributed by atoms with E-state index in [2.05, 4.69) is 5.32 Å². The van der Waals surface area contributed by atoms with Gasteiger partial charge in [0.05, 0.1) is 10.6 Å². The summed E-state index contributed by atoms with van der Waals surface area (Å²) in [6.07, 6.45) is 0.923. The van der Waals surface area contributed by atoms with E-state index in [1.807, 2.05) is 51.1 Å². The Labute approximate surface area is 275 Å². The van der Waals surface area contributed by atoms with E-state index < -0.39 is 28.5 Å². The van der Waals surface area contributed by atoms with E-state index in [1.54, 1.807) is 48.5 Å². The average Bonchev–Trinajstić information content (AvgIpc) is 3.03. The number of halogens is 2. The van der Waals surface area contributed by atoms with Crippen LogP contribution >= 0.6 is 23.2 Å². The molecule has 7 nitrogen and oxygen atoms in total. The molecule has 0 aromatic heterocycles. The van der Waals surface area contributed by atoms with E-state index in [9.17, 15) is 18.0 Å². The van der Waals surface area contributed by atoms with Gasteiger partial charge in [0.2, 0.25) is 11.8 Å². The van der Waals surface area contributed by atoms with E-state index in [0.29, 0.717) is 28.6 Å². The molecule has 0 saturated carbocycles. The average molecular weight is 667 g/mol. The van der Waals surface area contributed by atoms with Crippen molar-refractivity contribution in [2.45, 2.75) is 51.1 Å². The molecule has 0 heterocycles. The van der Waals surface area contributed by atoms with Crippen LogP contribution in [0.4, 0.5) is 5.69 Å². The maximum atomic E-state index is 14.5. The highest BCUT2D eigenvalue weighted by molar-refractivity contribution is 7.92. The lowest BCUT2D eigenvalue weighted by atomic mass is 10.0. The number of anilines is 1. The first-order chi connectivity index (χ1) is 21.5. The van der Waals surface area contributed by atoms with Gasteiger partial charge in [0.1, 0.15) is 12.6 Å². The Bertz CT molecular complexity index is 1730. The second-order valence-corrected chi connectivity index (χ2v) is 13.5. The molecular weight excluding hydrogens is 629 g/mol. The highest BCUT2D eigenvalue weighted by Crippen LogP contribution is 2.29. The van der Waals surface area contributed by atoms with Crippen LogP contribution in [0.2, 0.25) is 10.0 Å². The van der Waals surface area contributed by atoms with Crippen LogP contribution < -0.4 is 9.62 Å². The van der Waals surface area contributed by atoms with Gasteiger partial charge in [0.25, 0.3) is 10.0 Å². The van der Waals surface area contributed by atoms with Gasteiger partial charge < -0.3 is 10.2 Å². The molecule has 10 heteroatoms. The van der Waals surface area contributed by atoms with Crippen LogP contribution in [-0.4, -0.2) is 44.3 Å². The van der Waals surface area contributed by atoms with Gasteiger partial charge in [-0.3, -0.25) is 13.9 Å². The lowest BCUT2D eigenvalue weighted by molar-refractivity contribution is -0.140. The van der Waals surface area contributed by atoms with Gasteiger partial charge in [-0.25, -0.2) is 8.42 Å². The van der Waals surface area contributed by atoms with Crippen LogP contribution in [0.3, 0.4) is 0 Å². The fourth-order valence-corrected chi connectivity index (χ4v) is 6.61. The molecule has 0 bridgehead atoms. The summed E-state index contributed by atoms with van der Waals surface area (Å²) in [6.45, 7) is 5.45. The number of rotatable bonds is 13. The van der Waals surface area contributed by atoms with Crippen molar-refractivity contribution in [3.05, 3.63) is 129 Å². The number of carbonyl (C=O) groups excluding carboxylic acids is 2. The third kappa shape index (κ3) is 8.66. The van der Waals surface area contributed by atoms with Crippen molar-refractivity contribution in [3.63, 3.8) is 0 Å². The van der Waals surface area contributed by atoms with Gasteiger partial charge in [0, 0.05) is 29.6 Å². The Morgan fingerprint density at radius 3 is 2.16 bits per heavy atom. The highest BCUT2D eigenvalue weighted by atomic mass is 35.5. The zero-order valence-corrected chi connectivity index (χ0v) is 27.9. The summed E-state index contributed by atoms with van der Waals surface area (Å²) in [5, 5.41) is 3.72. The van der Waals surface area contributed by atoms with Gasteiger partial charge in [-0.05, 0) is 67.3 Å². The quantitative estimate of drug-likeness (QED) is 0.167. The fourth-order valence-electron chi connectivity index (χ4n) is 4.83. The molecule has 0 unspecified atom stereocenters. The molecule has 0 radical (unpaired) electrons. The maximum Gasteiger partial charge on any atom is 0.264 e.